The van der Waals surface area contributed by atoms with Crippen molar-refractivity contribution in [1.29, 1.82) is 0 Å². The number of hydrogen-bond donors (Lipinski definition) is 0. The van der Waals surface area contributed by atoms with Gasteiger partial charge in [0.1, 0.15) is 23.3 Å². The summed E-state index contributed by atoms with van der Waals surface area (Å²) in [4.78, 5) is 25.7. The molecule has 131 heavy (non-hydrogen) atoms. The van der Waals surface area contributed by atoms with Crippen LogP contribution < -0.4 is 0 Å². The second kappa shape index (κ2) is 42.8. The van der Waals surface area contributed by atoms with Crippen molar-refractivity contribution in [2.24, 2.45) is 0 Å². The van der Waals surface area contributed by atoms with Crippen molar-refractivity contribution in [1.82, 2.24) is 34.5 Å². The van der Waals surface area contributed by atoms with E-state index in [1.54, 1.807) is 30.3 Å². The Balaban J connectivity index is 0.000000130. The topological polar surface area (TPSA) is 82.3 Å². The van der Waals surface area contributed by atoms with E-state index in [1.807, 2.05) is 164 Å². The van der Waals surface area contributed by atoms with E-state index >= 15 is 0 Å². The van der Waals surface area contributed by atoms with Gasteiger partial charge in [0.15, 0.2) is 0 Å². The molecule has 0 bridgehead atoms. The van der Waals surface area contributed by atoms with Crippen LogP contribution in [0.5, 0.6) is 0 Å². The minimum Gasteiger partial charge on any atom is -0.338 e. The molecule has 21 rings (SSSR count). The maximum atomic E-state index is 13.7. The number of halogens is 13. The first kappa shape index (κ1) is 94.3. The third-order valence-corrected chi connectivity index (χ3v) is 21.1. The Hall–Kier alpha value is -14.3. The van der Waals surface area contributed by atoms with Gasteiger partial charge < -0.3 is 34.5 Å². The van der Waals surface area contributed by atoms with Crippen molar-refractivity contribution in [3.05, 3.63) is 447 Å². The van der Waals surface area contributed by atoms with E-state index in [4.69, 9.17) is 0 Å². The molecule has 1 unspecified atom stereocenters. The van der Waals surface area contributed by atoms with E-state index in [9.17, 15) is 57.1 Å². The fourth-order valence-corrected chi connectivity index (χ4v) is 14.7. The Morgan fingerprint density at radius 2 is 0.550 bits per heavy atom. The maximum absolute atomic E-state index is 13.7. The molecule has 0 spiro atoms. The summed E-state index contributed by atoms with van der Waals surface area (Å²) in [6.07, 6.45) is -2.36. The van der Waals surface area contributed by atoms with Gasteiger partial charge in [-0.15, -0.1) is 197 Å². The number of hydrogen-bond acceptors (Lipinski definition) is 6. The second-order valence-corrected chi connectivity index (χ2v) is 29.2. The normalized spacial score (nSPS) is 11.4. The van der Waals surface area contributed by atoms with Crippen LogP contribution in [0, 0.1) is 59.7 Å². The fraction of sp³-hybridized carbons (Fsp3) is 0.0642. The molecule has 0 fully saturated rings. The van der Waals surface area contributed by atoms with E-state index in [-0.39, 0.29) is 46.0 Å². The van der Waals surface area contributed by atoms with E-state index in [2.05, 4.69) is 133 Å². The number of nitrogens with zero attached hydrogens (tertiary/aromatic N) is 7. The van der Waals surface area contributed by atoms with Crippen molar-refractivity contribution < 1.29 is 97.3 Å². The first-order valence-corrected chi connectivity index (χ1v) is 40.5. The van der Waals surface area contributed by atoms with Crippen LogP contribution in [0.15, 0.2) is 371 Å². The molecule has 14 aromatic carbocycles. The number of alkyl halides is 9. The number of fused-ring (bicyclic) bond motifs is 9. The maximum Gasteiger partial charge on any atom is 0.381 e. The summed E-state index contributed by atoms with van der Waals surface area (Å²) in [6, 6.07) is 113. The third kappa shape index (κ3) is 22.4. The minimum absolute atomic E-state index is 0. The Labute approximate surface area is 772 Å². The monoisotopic (exact) mass is 2110 g/mol. The number of benzene rings is 14. The second-order valence-electron chi connectivity index (χ2n) is 29.2. The molecule has 0 N–H and O–H groups in total. The van der Waals surface area contributed by atoms with Crippen molar-refractivity contribution in [3.63, 3.8) is 0 Å². The van der Waals surface area contributed by atoms with Crippen molar-refractivity contribution in [2.45, 2.75) is 44.8 Å². The zero-order valence-electron chi connectivity index (χ0n) is 69.2. The van der Waals surface area contributed by atoms with Gasteiger partial charge in [0, 0.05) is 121 Å². The molecule has 0 aliphatic heterocycles. The molecule has 0 aliphatic carbocycles. The van der Waals surface area contributed by atoms with Crippen LogP contribution in [0.2, 0.25) is 0 Å². The summed E-state index contributed by atoms with van der Waals surface area (Å²) in [6.45, 7) is 4.38. The van der Waals surface area contributed by atoms with Gasteiger partial charge in [-0.1, -0.05) is 134 Å². The summed E-state index contributed by atoms with van der Waals surface area (Å²) in [5.41, 5.74) is 8.46. The Bertz CT molecular complexity index is 6820. The third-order valence-electron chi connectivity index (χ3n) is 21.1. The average molecular weight is 2110 g/mol. The van der Waals surface area contributed by atoms with Crippen LogP contribution in [-0.4, -0.2) is 34.5 Å². The quantitative estimate of drug-likeness (QED) is 0.111. The fourth-order valence-electron chi connectivity index (χ4n) is 14.7. The molecule has 7 nitrogen and oxygen atoms in total. The predicted molar refractivity (Wildman–Crippen MR) is 485 cm³/mol. The van der Waals surface area contributed by atoms with Gasteiger partial charge in [-0.2, -0.15) is 39.5 Å². The smallest absolute Gasteiger partial charge is 0.338 e. The number of rotatable bonds is 8. The molecule has 21 aromatic rings. The summed E-state index contributed by atoms with van der Waals surface area (Å²) < 4.78 is 170. The van der Waals surface area contributed by atoms with Crippen LogP contribution in [0.3, 0.4) is 0 Å². The van der Waals surface area contributed by atoms with Gasteiger partial charge in [-0.25, -0.2) is 17.6 Å². The number of aromatic nitrogens is 7. The average Bonchev–Trinajstić information content (AvgIpc) is 1.64. The summed E-state index contributed by atoms with van der Waals surface area (Å²) in [5.74, 6) is -1.37. The summed E-state index contributed by atoms with van der Waals surface area (Å²) in [5, 5.41) is 12.0. The van der Waals surface area contributed by atoms with E-state index in [0.717, 1.165) is 92.9 Å². The molecular weight excluding hydrogens is 2040 g/mol. The molecule has 0 saturated carbocycles. The largest absolute Gasteiger partial charge is 0.381 e. The molecule has 0 saturated heterocycles. The standard InChI is InChI=1S/3C16H8F4N.C16H16FN.3C15H10N.2Ir/c3*17-14-3-1-2-13-12(14)8-9-21-15(13)10-4-6-11(7-5-10)16(18,19)20;1-3-11(2)18-15-7-5-4-6-13(15)14-10-12(17)8-9-16(14)18;3*1-2-7-13(8-3-1)15-14-9-5-4-6-12(14)10-11-16-15;;/h3*1-4,6-9H;4-11H,3H2,1-2H3;3*1-7,9-11H;;/q3*-1;;3*-1;;. The van der Waals surface area contributed by atoms with Crippen LogP contribution in [0.1, 0.15) is 43.0 Å². The van der Waals surface area contributed by atoms with Gasteiger partial charge >= 0.3 is 18.5 Å². The SMILES string of the molecule is CCC(C)n1c2ccccc2c2cc(F)ccc21.Fc1cccc2c(-c3[c-]cc(C(F)(F)F)cc3)nccc12.Fc1cccc2c(-c3[c-]cc(C(F)(F)F)cc3)nccc12.Fc1cccc2c(-c3[c-]cc(C(F)(F)F)cc3)nccc12.[Ir].[Ir].[c-]1ccccc1-c1nccc2ccccc12.[c-]1ccccc1-c1nccc2ccccc12.[c-]1ccccc1-c1nccc2ccccc12. The molecule has 22 heteroatoms. The number of pyridine rings is 6. The molecule has 7 aromatic heterocycles. The molecule has 7 heterocycles. The molecule has 0 amide bonds. The van der Waals surface area contributed by atoms with E-state index in [1.165, 1.54) is 129 Å². The van der Waals surface area contributed by atoms with E-state index in [0.29, 0.717) is 72.1 Å². The molecule has 2 radical (unpaired) electrons. The van der Waals surface area contributed by atoms with Gasteiger partial charge in [0.05, 0.1) is 0 Å². The van der Waals surface area contributed by atoms with Gasteiger partial charge in [0.2, 0.25) is 0 Å². The Morgan fingerprint density at radius 3 is 0.855 bits per heavy atom. The number of para-hydroxylation sites is 1. The van der Waals surface area contributed by atoms with Crippen LogP contribution in [0.4, 0.5) is 57.1 Å². The van der Waals surface area contributed by atoms with Crippen molar-refractivity contribution >= 4 is 86.4 Å². The zero-order chi connectivity index (χ0) is 90.2. The molecular formula is C109H70F13Ir2N7-6. The minimum atomic E-state index is -4.41. The Morgan fingerprint density at radius 1 is 0.267 bits per heavy atom. The van der Waals surface area contributed by atoms with Gasteiger partial charge in [-0.3, -0.25) is 0 Å². The van der Waals surface area contributed by atoms with E-state index < -0.39 is 52.7 Å². The first-order valence-electron chi connectivity index (χ1n) is 40.5. The van der Waals surface area contributed by atoms with Gasteiger partial charge in [-0.05, 0) is 192 Å². The van der Waals surface area contributed by atoms with Crippen LogP contribution in [0.25, 0.3) is 154 Å². The predicted octanol–water partition coefficient (Wildman–Crippen LogP) is 30.6. The van der Waals surface area contributed by atoms with Crippen LogP contribution in [-0.2, 0) is 58.7 Å². The Kier molecular flexibility index (Phi) is 30.8. The first-order chi connectivity index (χ1) is 62.5. The van der Waals surface area contributed by atoms with Crippen molar-refractivity contribution in [3.8, 4) is 67.5 Å². The summed E-state index contributed by atoms with van der Waals surface area (Å²) in [7, 11) is 0. The molecule has 656 valence electrons. The summed E-state index contributed by atoms with van der Waals surface area (Å²) >= 11 is 0. The zero-order valence-corrected chi connectivity index (χ0v) is 74.0. The molecule has 1 atom stereocenters. The van der Waals surface area contributed by atoms with Crippen molar-refractivity contribution in [2.75, 3.05) is 0 Å². The van der Waals surface area contributed by atoms with Crippen LogP contribution >= 0.6 is 0 Å². The molecule has 0 aliphatic rings. The van der Waals surface area contributed by atoms with Gasteiger partial charge in [0.25, 0.3) is 0 Å².